The highest BCUT2D eigenvalue weighted by Crippen LogP contribution is 2.48. The van der Waals surface area contributed by atoms with Gasteiger partial charge in [0.05, 0.1) is 6.04 Å². The van der Waals surface area contributed by atoms with Gasteiger partial charge in [-0.25, -0.2) is 0 Å². The Balaban J connectivity index is 1.37. The van der Waals surface area contributed by atoms with Gasteiger partial charge < -0.3 is 10.6 Å². The van der Waals surface area contributed by atoms with E-state index in [-0.39, 0.29) is 17.4 Å². The lowest BCUT2D eigenvalue weighted by Crippen LogP contribution is -2.44. The Morgan fingerprint density at radius 3 is 2.56 bits per heavy atom. The van der Waals surface area contributed by atoms with E-state index in [0.29, 0.717) is 5.41 Å². The first-order valence-electron chi connectivity index (χ1n) is 9.47. The first-order valence-corrected chi connectivity index (χ1v) is 9.85. The summed E-state index contributed by atoms with van der Waals surface area (Å²) in [6, 6.07) is 8.13. The maximum atomic E-state index is 12.9. The molecular weight excluding hydrogens is 334 g/mol. The molecule has 4 rings (SSSR count). The van der Waals surface area contributed by atoms with E-state index in [9.17, 15) is 4.79 Å². The normalized spacial score (nSPS) is 27.4. The van der Waals surface area contributed by atoms with E-state index < -0.39 is 0 Å². The molecule has 1 aliphatic carbocycles. The molecule has 0 radical (unpaired) electrons. The standard InChI is InChI=1S/C20H28ClN3O/c1-24-14-19(8-10-22-11-9-19)12-17(24)18(25)23-13-20(6-7-20)15-2-4-16(21)5-3-15/h2-5,17,22H,6-14H2,1H3,(H,23,25). The van der Waals surface area contributed by atoms with Crippen LogP contribution in [0.2, 0.25) is 5.02 Å². The van der Waals surface area contributed by atoms with Crippen LogP contribution in [0.25, 0.3) is 0 Å². The molecule has 2 N–H and O–H groups in total. The van der Waals surface area contributed by atoms with Crippen molar-refractivity contribution in [3.8, 4) is 0 Å². The van der Waals surface area contributed by atoms with Crippen molar-refractivity contribution in [2.45, 2.75) is 43.6 Å². The van der Waals surface area contributed by atoms with Crippen molar-refractivity contribution in [3.05, 3.63) is 34.9 Å². The fourth-order valence-corrected chi connectivity index (χ4v) is 4.90. The average molecular weight is 362 g/mol. The molecule has 1 atom stereocenters. The number of carbonyl (C=O) groups excluding carboxylic acids is 1. The van der Waals surface area contributed by atoms with Crippen LogP contribution in [0.15, 0.2) is 24.3 Å². The van der Waals surface area contributed by atoms with Crippen LogP contribution >= 0.6 is 11.6 Å². The topological polar surface area (TPSA) is 44.4 Å². The molecule has 25 heavy (non-hydrogen) atoms. The third-order valence-electron chi connectivity index (χ3n) is 6.62. The molecule has 3 fully saturated rings. The Kier molecular flexibility index (Phi) is 4.55. The minimum atomic E-state index is 0.0270. The molecule has 1 aromatic carbocycles. The van der Waals surface area contributed by atoms with Crippen LogP contribution in [0, 0.1) is 5.41 Å². The lowest BCUT2D eigenvalue weighted by atomic mass is 9.77. The molecule has 0 aromatic heterocycles. The maximum absolute atomic E-state index is 12.9. The predicted octanol–water partition coefficient (Wildman–Crippen LogP) is 2.56. The summed E-state index contributed by atoms with van der Waals surface area (Å²) in [6.07, 6.45) is 5.67. The maximum Gasteiger partial charge on any atom is 0.237 e. The Labute approximate surface area is 155 Å². The number of carbonyl (C=O) groups is 1. The monoisotopic (exact) mass is 361 g/mol. The number of hydrogen-bond donors (Lipinski definition) is 2. The first-order chi connectivity index (χ1) is 12.0. The summed E-state index contributed by atoms with van der Waals surface area (Å²) in [7, 11) is 2.10. The molecule has 2 aliphatic heterocycles. The highest BCUT2D eigenvalue weighted by atomic mass is 35.5. The zero-order valence-corrected chi connectivity index (χ0v) is 15.7. The lowest BCUT2D eigenvalue weighted by Gasteiger charge is -2.33. The molecule has 3 aliphatic rings. The van der Waals surface area contributed by atoms with E-state index in [1.54, 1.807) is 0 Å². The summed E-state index contributed by atoms with van der Waals surface area (Å²) in [5.74, 6) is 0.207. The fourth-order valence-electron chi connectivity index (χ4n) is 4.78. The number of benzene rings is 1. The molecule has 1 spiro atoms. The van der Waals surface area contributed by atoms with Crippen molar-refractivity contribution < 1.29 is 4.79 Å². The van der Waals surface area contributed by atoms with Gasteiger partial charge in [0.2, 0.25) is 5.91 Å². The van der Waals surface area contributed by atoms with Gasteiger partial charge in [0.1, 0.15) is 0 Å². The van der Waals surface area contributed by atoms with Crippen LogP contribution in [-0.2, 0) is 10.2 Å². The molecule has 136 valence electrons. The number of rotatable bonds is 4. The van der Waals surface area contributed by atoms with E-state index in [2.05, 4.69) is 34.7 Å². The zero-order valence-electron chi connectivity index (χ0n) is 15.0. The van der Waals surface area contributed by atoms with Gasteiger partial charge in [-0.2, -0.15) is 0 Å². The zero-order chi connectivity index (χ0) is 17.5. The molecule has 5 heteroatoms. The molecule has 0 bridgehead atoms. The second-order valence-corrected chi connectivity index (χ2v) is 8.83. The van der Waals surface area contributed by atoms with E-state index in [0.717, 1.165) is 50.5 Å². The van der Waals surface area contributed by atoms with E-state index >= 15 is 0 Å². The summed E-state index contributed by atoms with van der Waals surface area (Å²) in [4.78, 5) is 15.1. The molecule has 2 saturated heterocycles. The van der Waals surface area contributed by atoms with Gasteiger partial charge in [0, 0.05) is 23.5 Å². The number of nitrogens with one attached hydrogen (secondary N) is 2. The minimum absolute atomic E-state index is 0.0270. The van der Waals surface area contributed by atoms with Crippen molar-refractivity contribution in [1.29, 1.82) is 0 Å². The van der Waals surface area contributed by atoms with Crippen molar-refractivity contribution in [3.63, 3.8) is 0 Å². The number of halogens is 1. The quantitative estimate of drug-likeness (QED) is 0.866. The van der Waals surface area contributed by atoms with Crippen LogP contribution in [-0.4, -0.2) is 50.1 Å². The first kappa shape index (κ1) is 17.3. The molecule has 4 nitrogen and oxygen atoms in total. The largest absolute Gasteiger partial charge is 0.354 e. The second kappa shape index (κ2) is 6.57. The number of likely N-dealkylation sites (tertiary alicyclic amines) is 1. The Morgan fingerprint density at radius 2 is 1.92 bits per heavy atom. The summed E-state index contributed by atoms with van der Waals surface area (Å²) in [5, 5.41) is 7.47. The second-order valence-electron chi connectivity index (χ2n) is 8.39. The van der Waals surface area contributed by atoms with Crippen LogP contribution < -0.4 is 10.6 Å². The van der Waals surface area contributed by atoms with Gasteiger partial charge in [-0.3, -0.25) is 9.69 Å². The van der Waals surface area contributed by atoms with Gasteiger partial charge in [-0.05, 0) is 75.4 Å². The third kappa shape index (κ3) is 3.44. The fraction of sp³-hybridized carbons (Fsp3) is 0.650. The van der Waals surface area contributed by atoms with Crippen molar-refractivity contribution in [2.24, 2.45) is 5.41 Å². The van der Waals surface area contributed by atoms with Gasteiger partial charge in [0.25, 0.3) is 0 Å². The summed E-state index contributed by atoms with van der Waals surface area (Å²) >= 11 is 6.00. The number of amides is 1. The van der Waals surface area contributed by atoms with Gasteiger partial charge in [-0.1, -0.05) is 23.7 Å². The van der Waals surface area contributed by atoms with E-state index in [4.69, 9.17) is 11.6 Å². The van der Waals surface area contributed by atoms with Gasteiger partial charge in [0.15, 0.2) is 0 Å². The minimum Gasteiger partial charge on any atom is -0.354 e. The van der Waals surface area contributed by atoms with Gasteiger partial charge in [-0.15, -0.1) is 0 Å². The number of piperidine rings is 1. The number of nitrogens with zero attached hydrogens (tertiary/aromatic N) is 1. The summed E-state index contributed by atoms with van der Waals surface area (Å²) in [6.45, 7) is 3.96. The van der Waals surface area contributed by atoms with Crippen molar-refractivity contribution in [1.82, 2.24) is 15.5 Å². The summed E-state index contributed by atoms with van der Waals surface area (Å²) < 4.78 is 0. The summed E-state index contributed by atoms with van der Waals surface area (Å²) in [5.41, 5.74) is 1.77. The highest BCUT2D eigenvalue weighted by molar-refractivity contribution is 6.30. The number of hydrogen-bond acceptors (Lipinski definition) is 3. The molecular formula is C20H28ClN3O. The Morgan fingerprint density at radius 1 is 1.24 bits per heavy atom. The van der Waals surface area contributed by atoms with Crippen LogP contribution in [0.1, 0.15) is 37.7 Å². The molecule has 1 unspecified atom stereocenters. The molecule has 2 heterocycles. The molecule has 1 saturated carbocycles. The Hall–Kier alpha value is -1.10. The third-order valence-corrected chi connectivity index (χ3v) is 6.87. The number of likely N-dealkylation sites (N-methyl/N-ethyl adjacent to an activating group) is 1. The molecule has 1 aromatic rings. The van der Waals surface area contributed by atoms with E-state index in [1.165, 1.54) is 18.4 Å². The smallest absolute Gasteiger partial charge is 0.237 e. The highest BCUT2D eigenvalue weighted by Gasteiger charge is 2.47. The predicted molar refractivity (Wildman–Crippen MR) is 101 cm³/mol. The average Bonchev–Trinajstić information content (AvgIpc) is 3.33. The van der Waals surface area contributed by atoms with Crippen LogP contribution in [0.3, 0.4) is 0 Å². The van der Waals surface area contributed by atoms with E-state index in [1.807, 2.05) is 12.1 Å². The SMILES string of the molecule is CN1CC2(CCNCC2)CC1C(=O)NCC1(c2ccc(Cl)cc2)CC1. The van der Waals surface area contributed by atoms with Gasteiger partial charge >= 0.3 is 0 Å². The van der Waals surface area contributed by atoms with Crippen molar-refractivity contribution >= 4 is 17.5 Å². The Bertz CT molecular complexity index is 635. The van der Waals surface area contributed by atoms with Crippen LogP contribution in [0.4, 0.5) is 0 Å². The van der Waals surface area contributed by atoms with Crippen molar-refractivity contribution in [2.75, 3.05) is 33.2 Å². The van der Waals surface area contributed by atoms with Crippen LogP contribution in [0.5, 0.6) is 0 Å². The molecule has 1 amide bonds. The lowest BCUT2D eigenvalue weighted by molar-refractivity contribution is -0.125.